The fourth-order valence-electron chi connectivity index (χ4n) is 4.14. The molecule has 5 heteroatoms. The van der Waals surface area contributed by atoms with Gasteiger partial charge in [-0.15, -0.1) is 0 Å². The maximum atomic E-state index is 10.1. The number of ether oxygens (including phenoxy) is 3. The third kappa shape index (κ3) is 5.79. The smallest absolute Gasteiger partial charge is 0.231 e. The Morgan fingerprint density at radius 3 is 2.35 bits per heavy atom. The highest BCUT2D eigenvalue weighted by atomic mass is 16.7. The molecule has 0 aliphatic carbocycles. The monoisotopic (exact) mass is 459 g/mol. The van der Waals surface area contributed by atoms with Gasteiger partial charge in [-0.05, 0) is 71.5 Å². The van der Waals surface area contributed by atoms with E-state index in [4.69, 9.17) is 14.2 Å². The average Bonchev–Trinajstić information content (AvgIpc) is 3.35. The quantitative estimate of drug-likeness (QED) is 0.292. The van der Waals surface area contributed by atoms with Crippen molar-refractivity contribution >= 4 is 11.1 Å². The van der Waals surface area contributed by atoms with E-state index >= 15 is 0 Å². The number of aliphatic hydroxyl groups excluding tert-OH is 1. The second-order valence-corrected chi connectivity index (χ2v) is 8.33. The van der Waals surface area contributed by atoms with Crippen molar-refractivity contribution in [2.45, 2.75) is 32.8 Å². The van der Waals surface area contributed by atoms with Crippen molar-refractivity contribution in [2.24, 2.45) is 0 Å². The maximum absolute atomic E-state index is 10.1. The van der Waals surface area contributed by atoms with Gasteiger partial charge in [-0.1, -0.05) is 62.4 Å². The van der Waals surface area contributed by atoms with Crippen molar-refractivity contribution < 1.29 is 19.3 Å². The number of benzene rings is 3. The number of allylic oxidation sites excluding steroid dienone is 1. The zero-order valence-corrected chi connectivity index (χ0v) is 19.9. The minimum absolute atomic E-state index is 0.259. The van der Waals surface area contributed by atoms with Crippen molar-refractivity contribution in [2.75, 3.05) is 26.5 Å². The van der Waals surface area contributed by atoms with E-state index in [0.717, 1.165) is 53.3 Å². The maximum Gasteiger partial charge on any atom is 0.231 e. The third-order valence-electron chi connectivity index (χ3n) is 5.83. The van der Waals surface area contributed by atoms with Crippen LogP contribution in [0.2, 0.25) is 0 Å². The molecule has 0 radical (unpaired) electrons. The molecule has 0 fully saturated rings. The van der Waals surface area contributed by atoms with Gasteiger partial charge in [-0.3, -0.25) is 0 Å². The van der Waals surface area contributed by atoms with Gasteiger partial charge in [0, 0.05) is 6.54 Å². The average molecular weight is 460 g/mol. The van der Waals surface area contributed by atoms with Gasteiger partial charge >= 0.3 is 0 Å². The summed E-state index contributed by atoms with van der Waals surface area (Å²) >= 11 is 0. The van der Waals surface area contributed by atoms with Crippen LogP contribution < -0.4 is 19.5 Å². The van der Waals surface area contributed by atoms with E-state index in [-0.39, 0.29) is 13.4 Å². The number of hydrogen-bond donors (Lipinski definition) is 2. The fraction of sp³-hybridized carbons (Fsp3) is 0.310. The predicted molar refractivity (Wildman–Crippen MR) is 136 cm³/mol. The van der Waals surface area contributed by atoms with Crippen molar-refractivity contribution in [3.63, 3.8) is 0 Å². The molecule has 0 spiro atoms. The minimum atomic E-state index is -0.538. The minimum Gasteiger partial charge on any atom is -0.491 e. The zero-order valence-electron chi connectivity index (χ0n) is 19.9. The number of aliphatic hydroxyl groups is 1. The van der Waals surface area contributed by atoms with Crippen molar-refractivity contribution in [3.05, 3.63) is 89.5 Å². The van der Waals surface area contributed by atoms with E-state index in [9.17, 15) is 5.11 Å². The second kappa shape index (κ2) is 11.7. The van der Waals surface area contributed by atoms with Gasteiger partial charge in [0.15, 0.2) is 11.5 Å². The van der Waals surface area contributed by atoms with Crippen LogP contribution in [-0.4, -0.2) is 37.7 Å². The van der Waals surface area contributed by atoms with E-state index in [0.29, 0.717) is 6.54 Å². The molecule has 2 N–H and O–H groups in total. The van der Waals surface area contributed by atoms with Gasteiger partial charge < -0.3 is 24.6 Å². The highest BCUT2D eigenvalue weighted by molar-refractivity contribution is 5.98. The fourth-order valence-corrected chi connectivity index (χ4v) is 4.14. The molecule has 1 aliphatic heterocycles. The van der Waals surface area contributed by atoms with Crippen molar-refractivity contribution in [1.29, 1.82) is 0 Å². The Morgan fingerprint density at radius 1 is 0.912 bits per heavy atom. The van der Waals surface area contributed by atoms with E-state index in [2.05, 4.69) is 67.7 Å². The molecular formula is C29H33NO4. The molecule has 3 aromatic rings. The largest absolute Gasteiger partial charge is 0.491 e. The highest BCUT2D eigenvalue weighted by Gasteiger charge is 2.18. The second-order valence-electron chi connectivity index (χ2n) is 8.33. The lowest BCUT2D eigenvalue weighted by Gasteiger charge is -2.17. The Bertz CT molecular complexity index is 1090. The highest BCUT2D eigenvalue weighted by Crippen LogP contribution is 2.39. The number of nitrogens with one attached hydrogen (secondary N) is 1. The molecule has 1 unspecified atom stereocenters. The first-order valence-corrected chi connectivity index (χ1v) is 12.0. The Labute approximate surface area is 202 Å². The van der Waals surface area contributed by atoms with Crippen LogP contribution in [0, 0.1) is 0 Å². The predicted octanol–water partition coefficient (Wildman–Crippen LogP) is 5.52. The molecule has 1 heterocycles. The molecule has 3 aromatic carbocycles. The molecular weight excluding hydrogens is 426 g/mol. The summed E-state index contributed by atoms with van der Waals surface area (Å²) in [5.41, 5.74) is 5.79. The lowest BCUT2D eigenvalue weighted by molar-refractivity contribution is 0.106. The van der Waals surface area contributed by atoms with Crippen LogP contribution in [-0.2, 0) is 0 Å². The molecule has 178 valence electrons. The summed E-state index contributed by atoms with van der Waals surface area (Å²) in [7, 11) is 0. The third-order valence-corrected chi connectivity index (χ3v) is 5.83. The van der Waals surface area contributed by atoms with E-state index in [1.165, 1.54) is 11.1 Å². The SMILES string of the molecule is CCCNCC(O)COc1ccc(/C(=C(/CC)c2ccc3c(c2)OCO3)c2ccccc2)cc1. The molecule has 0 saturated heterocycles. The van der Waals surface area contributed by atoms with Crippen LogP contribution in [0.4, 0.5) is 0 Å². The van der Waals surface area contributed by atoms with Crippen LogP contribution in [0.3, 0.4) is 0 Å². The van der Waals surface area contributed by atoms with Crippen molar-refractivity contribution in [1.82, 2.24) is 5.32 Å². The normalized spacial score (nSPS) is 14.0. The molecule has 1 atom stereocenters. The summed E-state index contributed by atoms with van der Waals surface area (Å²) in [6.45, 7) is 6.22. The molecule has 34 heavy (non-hydrogen) atoms. The van der Waals surface area contributed by atoms with Crippen LogP contribution in [0.1, 0.15) is 43.4 Å². The Balaban J connectivity index is 1.62. The van der Waals surface area contributed by atoms with Gasteiger partial charge in [0.1, 0.15) is 18.5 Å². The lowest BCUT2D eigenvalue weighted by atomic mass is 9.88. The molecule has 0 bridgehead atoms. The molecule has 0 amide bonds. The van der Waals surface area contributed by atoms with Gasteiger partial charge in [0.25, 0.3) is 0 Å². The van der Waals surface area contributed by atoms with E-state index < -0.39 is 6.10 Å². The summed E-state index contributed by atoms with van der Waals surface area (Å²) < 4.78 is 17.0. The molecule has 0 saturated carbocycles. The van der Waals surface area contributed by atoms with Crippen LogP contribution >= 0.6 is 0 Å². The van der Waals surface area contributed by atoms with Crippen molar-refractivity contribution in [3.8, 4) is 17.2 Å². The number of rotatable bonds is 11. The lowest BCUT2D eigenvalue weighted by Crippen LogP contribution is -2.31. The molecule has 5 nitrogen and oxygen atoms in total. The number of hydrogen-bond acceptors (Lipinski definition) is 5. The molecule has 4 rings (SSSR count). The van der Waals surface area contributed by atoms with Crippen LogP contribution in [0.25, 0.3) is 11.1 Å². The Morgan fingerprint density at radius 2 is 1.62 bits per heavy atom. The zero-order chi connectivity index (χ0) is 23.8. The summed E-state index contributed by atoms with van der Waals surface area (Å²) in [6.07, 6.45) is 1.36. The summed E-state index contributed by atoms with van der Waals surface area (Å²) in [5.74, 6) is 2.31. The molecule has 0 aromatic heterocycles. The first-order valence-electron chi connectivity index (χ1n) is 12.0. The summed E-state index contributed by atoms with van der Waals surface area (Å²) in [4.78, 5) is 0. The van der Waals surface area contributed by atoms with Crippen LogP contribution in [0.15, 0.2) is 72.8 Å². The van der Waals surface area contributed by atoms with E-state index in [1.807, 2.05) is 24.3 Å². The first kappa shape index (κ1) is 23.9. The summed E-state index contributed by atoms with van der Waals surface area (Å²) in [6, 6.07) is 24.7. The topological polar surface area (TPSA) is 60.0 Å². The Hall–Kier alpha value is -3.28. The van der Waals surface area contributed by atoms with E-state index in [1.54, 1.807) is 0 Å². The van der Waals surface area contributed by atoms with Gasteiger partial charge in [-0.2, -0.15) is 0 Å². The van der Waals surface area contributed by atoms with Gasteiger partial charge in [0.2, 0.25) is 6.79 Å². The first-order chi connectivity index (χ1) is 16.7. The van der Waals surface area contributed by atoms with Gasteiger partial charge in [0.05, 0.1) is 0 Å². The summed E-state index contributed by atoms with van der Waals surface area (Å²) in [5, 5.41) is 13.3. The standard InChI is InChI=1S/C29H33NO4/c1-3-16-30-18-24(31)19-32-25-13-10-22(11-14-25)29(21-8-6-5-7-9-21)26(4-2)23-12-15-27-28(17-23)34-20-33-27/h5-15,17,24,30-31H,3-4,16,18-20H2,1-2H3/b29-26-. The number of fused-ring (bicyclic) bond motifs is 1. The van der Waals surface area contributed by atoms with Crippen LogP contribution in [0.5, 0.6) is 17.2 Å². The van der Waals surface area contributed by atoms with Gasteiger partial charge in [-0.25, -0.2) is 0 Å². The Kier molecular flexibility index (Phi) is 8.23. The molecule has 1 aliphatic rings.